The summed E-state index contributed by atoms with van der Waals surface area (Å²) in [5, 5.41) is 5.48. The number of amides is 2. The topological polar surface area (TPSA) is 62.8 Å². The molecule has 0 bridgehead atoms. The van der Waals surface area contributed by atoms with Crippen LogP contribution in [0.1, 0.15) is 11.1 Å². The lowest BCUT2D eigenvalue weighted by molar-refractivity contribution is -0.137. The van der Waals surface area contributed by atoms with Crippen LogP contribution in [-0.4, -0.2) is 24.5 Å². The molecule has 2 N–H and O–H groups in total. The monoisotopic (exact) mass is 495 g/mol. The summed E-state index contributed by atoms with van der Waals surface area (Å²) in [6.07, 6.45) is 1.41. The van der Waals surface area contributed by atoms with Crippen molar-refractivity contribution in [3.8, 4) is 11.5 Å². The van der Waals surface area contributed by atoms with Gasteiger partial charge in [0.05, 0.1) is 5.56 Å². The highest BCUT2D eigenvalue weighted by molar-refractivity contribution is 5.99. The standard InChI is InChI=1S/C27H24F3N3O3/c1-33-15-13-24(14-16-33)36-23-11-9-21(10-12-23)31-26(34)32-22-3-2-4-25(17-22)35-18-19-5-7-20(8-6-19)27(28,29)30/h2-15,17H,16,18H2,1H3,(H2,31,32,34). The lowest BCUT2D eigenvalue weighted by Crippen LogP contribution is -2.19. The number of hydrogen-bond acceptors (Lipinski definition) is 4. The van der Waals surface area contributed by atoms with Gasteiger partial charge in [-0.2, -0.15) is 13.2 Å². The van der Waals surface area contributed by atoms with Crippen LogP contribution in [0.4, 0.5) is 29.3 Å². The number of hydrogen-bond donors (Lipinski definition) is 2. The third kappa shape index (κ3) is 7.05. The van der Waals surface area contributed by atoms with Crippen molar-refractivity contribution < 1.29 is 27.4 Å². The third-order valence-corrected chi connectivity index (χ3v) is 5.20. The van der Waals surface area contributed by atoms with Crippen LogP contribution in [-0.2, 0) is 12.8 Å². The molecule has 3 aromatic rings. The second-order valence-corrected chi connectivity index (χ2v) is 8.08. The van der Waals surface area contributed by atoms with Gasteiger partial charge in [-0.1, -0.05) is 18.2 Å². The summed E-state index contributed by atoms with van der Waals surface area (Å²) in [4.78, 5) is 14.4. The second kappa shape index (κ2) is 10.9. The Bertz CT molecular complexity index is 1250. The van der Waals surface area contributed by atoms with Crippen LogP contribution in [0.5, 0.6) is 11.5 Å². The van der Waals surface area contributed by atoms with E-state index in [0.29, 0.717) is 28.4 Å². The molecule has 2 amide bonds. The number of benzene rings is 3. The number of urea groups is 1. The predicted octanol–water partition coefficient (Wildman–Crippen LogP) is 6.65. The minimum atomic E-state index is -4.38. The molecule has 0 fully saturated rings. The van der Waals surface area contributed by atoms with Gasteiger partial charge in [-0.15, -0.1) is 0 Å². The van der Waals surface area contributed by atoms with Gasteiger partial charge in [-0.25, -0.2) is 4.79 Å². The summed E-state index contributed by atoms with van der Waals surface area (Å²) in [5.74, 6) is 1.87. The van der Waals surface area contributed by atoms with Gasteiger partial charge < -0.3 is 25.0 Å². The molecule has 0 aromatic heterocycles. The summed E-state index contributed by atoms with van der Waals surface area (Å²) in [6, 6.07) is 18.1. The predicted molar refractivity (Wildman–Crippen MR) is 132 cm³/mol. The molecule has 186 valence electrons. The van der Waals surface area contributed by atoms with Crippen LogP contribution in [0.3, 0.4) is 0 Å². The van der Waals surface area contributed by atoms with Crippen molar-refractivity contribution in [1.82, 2.24) is 4.90 Å². The van der Waals surface area contributed by atoms with Gasteiger partial charge in [-0.05, 0) is 66.2 Å². The van der Waals surface area contributed by atoms with E-state index in [1.165, 1.54) is 12.1 Å². The maximum atomic E-state index is 12.7. The molecule has 1 aliphatic heterocycles. The quantitative estimate of drug-likeness (QED) is 0.385. The van der Waals surface area contributed by atoms with Crippen molar-refractivity contribution in [3.05, 3.63) is 108 Å². The zero-order valence-corrected chi connectivity index (χ0v) is 19.4. The van der Waals surface area contributed by atoms with E-state index in [2.05, 4.69) is 10.6 Å². The number of anilines is 2. The summed E-state index contributed by atoms with van der Waals surface area (Å²) >= 11 is 0. The zero-order valence-electron chi connectivity index (χ0n) is 19.4. The first-order valence-electron chi connectivity index (χ1n) is 11.1. The van der Waals surface area contributed by atoms with Gasteiger partial charge in [0.25, 0.3) is 0 Å². The molecular weight excluding hydrogens is 471 g/mol. The van der Waals surface area contributed by atoms with E-state index in [4.69, 9.17) is 9.47 Å². The van der Waals surface area contributed by atoms with Crippen LogP contribution in [0.2, 0.25) is 0 Å². The molecule has 9 heteroatoms. The minimum absolute atomic E-state index is 0.0889. The lowest BCUT2D eigenvalue weighted by atomic mass is 10.1. The molecule has 4 rings (SSSR count). The van der Waals surface area contributed by atoms with Crippen molar-refractivity contribution in [1.29, 1.82) is 0 Å². The first-order chi connectivity index (χ1) is 17.2. The Morgan fingerprint density at radius 2 is 1.67 bits per heavy atom. The zero-order chi connectivity index (χ0) is 25.5. The SMILES string of the molecule is CN1C=CC(Oc2ccc(NC(=O)Nc3cccc(OCc4ccc(C(F)(F)F)cc4)c3)cc2)=CC1. The molecular formula is C27H24F3N3O3. The van der Waals surface area contributed by atoms with E-state index in [1.807, 2.05) is 30.3 Å². The first kappa shape index (κ1) is 24.7. The number of nitrogens with one attached hydrogen (secondary N) is 2. The van der Waals surface area contributed by atoms with Crippen molar-refractivity contribution in [2.24, 2.45) is 0 Å². The number of ether oxygens (including phenoxy) is 2. The van der Waals surface area contributed by atoms with Gasteiger partial charge in [0.15, 0.2) is 0 Å². The molecule has 0 aliphatic carbocycles. The van der Waals surface area contributed by atoms with E-state index in [1.54, 1.807) is 48.5 Å². The van der Waals surface area contributed by atoms with E-state index in [-0.39, 0.29) is 6.61 Å². The number of alkyl halides is 3. The van der Waals surface area contributed by atoms with Crippen LogP contribution in [0.25, 0.3) is 0 Å². The molecule has 1 heterocycles. The van der Waals surface area contributed by atoms with Gasteiger partial charge in [-0.3, -0.25) is 0 Å². The van der Waals surface area contributed by atoms with Crippen molar-refractivity contribution in [2.45, 2.75) is 12.8 Å². The van der Waals surface area contributed by atoms with Gasteiger partial charge in [0.1, 0.15) is 23.9 Å². The first-order valence-corrected chi connectivity index (χ1v) is 11.1. The van der Waals surface area contributed by atoms with E-state index in [0.717, 1.165) is 24.4 Å². The Balaban J connectivity index is 1.27. The Morgan fingerprint density at radius 3 is 2.33 bits per heavy atom. The normalized spacial score (nSPS) is 13.1. The second-order valence-electron chi connectivity index (χ2n) is 8.08. The largest absolute Gasteiger partial charge is 0.489 e. The Hall–Kier alpha value is -4.40. The molecule has 3 aromatic carbocycles. The highest BCUT2D eigenvalue weighted by atomic mass is 19.4. The number of carbonyl (C=O) groups is 1. The molecule has 0 unspecified atom stereocenters. The maximum Gasteiger partial charge on any atom is 0.416 e. The summed E-state index contributed by atoms with van der Waals surface area (Å²) in [5.41, 5.74) is 0.966. The number of rotatable bonds is 7. The van der Waals surface area contributed by atoms with Crippen molar-refractivity contribution in [3.63, 3.8) is 0 Å². The molecule has 0 saturated carbocycles. The fourth-order valence-corrected chi connectivity index (χ4v) is 3.30. The Kier molecular flexibility index (Phi) is 7.48. The van der Waals surface area contributed by atoms with Crippen molar-refractivity contribution >= 4 is 17.4 Å². The number of allylic oxidation sites excluding steroid dienone is 1. The molecule has 0 atom stereocenters. The average molecular weight is 496 g/mol. The molecule has 6 nitrogen and oxygen atoms in total. The summed E-state index contributed by atoms with van der Waals surface area (Å²) in [7, 11) is 1.97. The molecule has 36 heavy (non-hydrogen) atoms. The van der Waals surface area contributed by atoms with Crippen LogP contribution >= 0.6 is 0 Å². The highest BCUT2D eigenvalue weighted by Crippen LogP contribution is 2.29. The number of carbonyl (C=O) groups excluding carboxylic acids is 1. The summed E-state index contributed by atoms with van der Waals surface area (Å²) < 4.78 is 49.5. The minimum Gasteiger partial charge on any atom is -0.489 e. The molecule has 0 radical (unpaired) electrons. The fourth-order valence-electron chi connectivity index (χ4n) is 3.30. The van der Waals surface area contributed by atoms with Crippen LogP contribution in [0, 0.1) is 0 Å². The Morgan fingerprint density at radius 1 is 0.944 bits per heavy atom. The van der Waals surface area contributed by atoms with E-state index < -0.39 is 17.8 Å². The third-order valence-electron chi connectivity index (χ3n) is 5.20. The van der Waals surface area contributed by atoms with Gasteiger partial charge >= 0.3 is 12.2 Å². The maximum absolute atomic E-state index is 12.7. The van der Waals surface area contributed by atoms with Crippen LogP contribution in [0.15, 0.2) is 96.9 Å². The van der Waals surface area contributed by atoms with E-state index in [9.17, 15) is 18.0 Å². The van der Waals surface area contributed by atoms with Crippen molar-refractivity contribution in [2.75, 3.05) is 24.2 Å². The molecule has 0 spiro atoms. The fraction of sp³-hybridized carbons (Fsp3) is 0.148. The number of halogens is 3. The highest BCUT2D eigenvalue weighted by Gasteiger charge is 2.29. The molecule has 1 aliphatic rings. The van der Waals surface area contributed by atoms with Crippen LogP contribution < -0.4 is 20.1 Å². The van der Waals surface area contributed by atoms with E-state index >= 15 is 0 Å². The summed E-state index contributed by atoms with van der Waals surface area (Å²) in [6.45, 7) is 0.860. The van der Waals surface area contributed by atoms with Gasteiger partial charge in [0.2, 0.25) is 0 Å². The average Bonchev–Trinajstić information content (AvgIpc) is 2.85. The van der Waals surface area contributed by atoms with Gasteiger partial charge in [0, 0.05) is 37.2 Å². The lowest BCUT2D eigenvalue weighted by Gasteiger charge is -2.17. The number of likely N-dealkylation sites (N-methyl/N-ethyl adjacent to an activating group) is 1. The number of nitrogens with zero attached hydrogens (tertiary/aromatic N) is 1. The molecule has 0 saturated heterocycles. The smallest absolute Gasteiger partial charge is 0.416 e. The Labute approximate surface area is 206 Å².